The lowest BCUT2D eigenvalue weighted by Crippen LogP contribution is -1.99. The van der Waals surface area contributed by atoms with Crippen molar-refractivity contribution < 1.29 is 19.4 Å². The number of hydrogen-bond donors (Lipinski definition) is 1. The summed E-state index contributed by atoms with van der Waals surface area (Å²) in [4.78, 5) is 11.5. The molecule has 0 saturated heterocycles. The fraction of sp³-hybridized carbons (Fsp3) is 0.464. The molecule has 2 aromatic carbocycles. The van der Waals surface area contributed by atoms with Crippen molar-refractivity contribution in [1.29, 1.82) is 0 Å². The molecule has 2 aromatic rings. The van der Waals surface area contributed by atoms with Crippen LogP contribution in [0.1, 0.15) is 64.7 Å². The first-order chi connectivity index (χ1) is 15.6. The second-order valence-electron chi connectivity index (χ2n) is 8.25. The van der Waals surface area contributed by atoms with E-state index in [0.717, 1.165) is 74.0 Å². The summed E-state index contributed by atoms with van der Waals surface area (Å²) in [6, 6.07) is 16.4. The Bertz CT molecular complexity index is 793. The second-order valence-corrected chi connectivity index (χ2v) is 8.25. The summed E-state index contributed by atoms with van der Waals surface area (Å²) in [5.74, 6) is 1.95. The third kappa shape index (κ3) is 10.1. The number of unbranched alkanes of at least 4 members (excludes halogenated alkanes) is 6. The molecule has 2 rings (SSSR count). The lowest BCUT2D eigenvalue weighted by Gasteiger charge is -2.09. The van der Waals surface area contributed by atoms with Gasteiger partial charge in [0.1, 0.15) is 11.5 Å². The second kappa shape index (κ2) is 15.3. The Morgan fingerprint density at radius 2 is 1.16 bits per heavy atom. The van der Waals surface area contributed by atoms with Crippen LogP contribution in [-0.2, 0) is 4.79 Å². The molecule has 0 bridgehead atoms. The molecule has 0 aromatic heterocycles. The first-order valence-electron chi connectivity index (χ1n) is 11.9. The van der Waals surface area contributed by atoms with E-state index in [1.54, 1.807) is 6.92 Å². The van der Waals surface area contributed by atoms with Crippen molar-refractivity contribution in [2.75, 3.05) is 19.8 Å². The molecule has 4 heteroatoms. The maximum atomic E-state index is 11.5. The van der Waals surface area contributed by atoms with Gasteiger partial charge in [0.25, 0.3) is 0 Å². The first-order valence-corrected chi connectivity index (χ1v) is 11.9. The Balaban J connectivity index is 1.64. The number of aliphatic hydroxyl groups excluding tert-OH is 1. The molecule has 0 saturated carbocycles. The van der Waals surface area contributed by atoms with Crippen LogP contribution in [0.5, 0.6) is 11.5 Å². The molecule has 174 valence electrons. The molecule has 0 spiro atoms. The van der Waals surface area contributed by atoms with Gasteiger partial charge in [0.05, 0.1) is 13.2 Å². The summed E-state index contributed by atoms with van der Waals surface area (Å²) in [5, 5.41) is 8.79. The normalized spacial score (nSPS) is 10.7. The number of ketones is 1. The van der Waals surface area contributed by atoms with Gasteiger partial charge in [-0.05, 0) is 80.0 Å². The number of carbonyl (C=O) groups is 1. The summed E-state index contributed by atoms with van der Waals surface area (Å²) in [6.07, 6.45) is 8.66. The van der Waals surface area contributed by atoms with Crippen LogP contribution in [0.25, 0.3) is 11.1 Å². The van der Waals surface area contributed by atoms with Crippen LogP contribution in [0.15, 0.2) is 60.7 Å². The van der Waals surface area contributed by atoms with E-state index < -0.39 is 0 Å². The zero-order valence-electron chi connectivity index (χ0n) is 19.5. The highest BCUT2D eigenvalue weighted by Gasteiger charge is 2.03. The topological polar surface area (TPSA) is 55.8 Å². The molecule has 0 heterocycles. The molecule has 0 aliphatic heterocycles. The quantitative estimate of drug-likeness (QED) is 0.219. The molecule has 0 amide bonds. The summed E-state index contributed by atoms with van der Waals surface area (Å²) < 4.78 is 11.6. The van der Waals surface area contributed by atoms with E-state index in [-0.39, 0.29) is 12.4 Å². The number of allylic oxidation sites excluding steroid dienone is 1. The third-order valence-corrected chi connectivity index (χ3v) is 5.41. The molecule has 1 N–H and O–H groups in total. The van der Waals surface area contributed by atoms with E-state index in [9.17, 15) is 4.79 Å². The van der Waals surface area contributed by atoms with Crippen LogP contribution in [0.3, 0.4) is 0 Å². The van der Waals surface area contributed by atoms with Gasteiger partial charge in [-0.3, -0.25) is 4.79 Å². The van der Waals surface area contributed by atoms with Crippen molar-refractivity contribution in [2.24, 2.45) is 0 Å². The lowest BCUT2D eigenvalue weighted by molar-refractivity contribution is -0.115. The Labute approximate surface area is 193 Å². The molecule has 0 radical (unpaired) electrons. The molecule has 0 aliphatic carbocycles. The predicted octanol–water partition coefficient (Wildman–Crippen LogP) is 6.76. The van der Waals surface area contributed by atoms with E-state index >= 15 is 0 Å². The van der Waals surface area contributed by atoms with Crippen LogP contribution < -0.4 is 9.47 Å². The monoisotopic (exact) mass is 438 g/mol. The number of aliphatic hydroxyl groups is 1. The number of carbonyl (C=O) groups excluding carboxylic acids is 1. The molecule has 0 fully saturated rings. The van der Waals surface area contributed by atoms with Crippen LogP contribution in [-0.4, -0.2) is 30.7 Å². The van der Waals surface area contributed by atoms with Gasteiger partial charge in [-0.2, -0.15) is 0 Å². The van der Waals surface area contributed by atoms with E-state index in [2.05, 4.69) is 30.8 Å². The van der Waals surface area contributed by atoms with Gasteiger partial charge in [0, 0.05) is 13.0 Å². The maximum Gasteiger partial charge on any atom is 0.157 e. The van der Waals surface area contributed by atoms with Crippen LogP contribution >= 0.6 is 0 Å². The number of Topliss-reactive ketones (excluding diaryl/α,β-unsaturated/α-hetero) is 1. The first kappa shape index (κ1) is 25.7. The van der Waals surface area contributed by atoms with Gasteiger partial charge in [-0.1, -0.05) is 50.1 Å². The Morgan fingerprint density at radius 3 is 1.59 bits per heavy atom. The largest absolute Gasteiger partial charge is 0.494 e. The fourth-order valence-electron chi connectivity index (χ4n) is 3.39. The lowest BCUT2D eigenvalue weighted by atomic mass is 10.1. The molecule has 32 heavy (non-hydrogen) atoms. The maximum absolute atomic E-state index is 11.5. The Kier molecular flexibility index (Phi) is 12.2. The Morgan fingerprint density at radius 1 is 0.719 bits per heavy atom. The molecular weight excluding hydrogens is 400 g/mol. The van der Waals surface area contributed by atoms with Crippen molar-refractivity contribution in [3.63, 3.8) is 0 Å². The van der Waals surface area contributed by atoms with Gasteiger partial charge >= 0.3 is 0 Å². The van der Waals surface area contributed by atoms with Crippen molar-refractivity contribution in [3.8, 4) is 22.6 Å². The van der Waals surface area contributed by atoms with E-state index in [1.165, 1.54) is 0 Å². The number of hydrogen-bond acceptors (Lipinski definition) is 4. The van der Waals surface area contributed by atoms with Gasteiger partial charge in [0.2, 0.25) is 0 Å². The molecule has 0 aliphatic rings. The summed E-state index contributed by atoms with van der Waals surface area (Å²) >= 11 is 0. The number of rotatable bonds is 17. The van der Waals surface area contributed by atoms with Crippen molar-refractivity contribution in [1.82, 2.24) is 0 Å². The summed E-state index contributed by atoms with van der Waals surface area (Å²) in [7, 11) is 0. The van der Waals surface area contributed by atoms with Crippen molar-refractivity contribution in [2.45, 2.75) is 64.7 Å². The zero-order chi connectivity index (χ0) is 23.0. The minimum atomic E-state index is 0.175. The van der Waals surface area contributed by atoms with Gasteiger partial charge in [0.15, 0.2) is 5.78 Å². The summed E-state index contributed by atoms with van der Waals surface area (Å²) in [6.45, 7) is 7.14. The van der Waals surface area contributed by atoms with Crippen LogP contribution in [0, 0.1) is 0 Å². The standard InChI is InChI=1S/C28H38O4/c1-23(2)28(30)11-7-3-5-9-21-31-26-16-12-24(13-17-26)25-14-18-27(19-15-25)32-22-10-6-4-8-20-29/h12-19,29H,1,3-11,20-22H2,2H3. The number of ether oxygens (including phenoxy) is 2. The van der Waals surface area contributed by atoms with Gasteiger partial charge in [-0.25, -0.2) is 0 Å². The Hall–Kier alpha value is -2.59. The fourth-order valence-corrected chi connectivity index (χ4v) is 3.39. The minimum Gasteiger partial charge on any atom is -0.494 e. The third-order valence-electron chi connectivity index (χ3n) is 5.41. The molecule has 0 atom stereocenters. The SMILES string of the molecule is C=C(C)C(=O)CCCCCCOc1ccc(-c2ccc(OCCCCCCO)cc2)cc1. The summed E-state index contributed by atoms with van der Waals surface area (Å²) in [5.41, 5.74) is 2.95. The number of benzene rings is 2. The van der Waals surface area contributed by atoms with Crippen LogP contribution in [0.2, 0.25) is 0 Å². The van der Waals surface area contributed by atoms with Crippen molar-refractivity contribution >= 4 is 5.78 Å². The average molecular weight is 439 g/mol. The van der Waals surface area contributed by atoms with Crippen molar-refractivity contribution in [3.05, 3.63) is 60.7 Å². The van der Waals surface area contributed by atoms with Gasteiger partial charge in [-0.15, -0.1) is 0 Å². The molecule has 0 unspecified atom stereocenters. The van der Waals surface area contributed by atoms with Crippen LogP contribution in [0.4, 0.5) is 0 Å². The van der Waals surface area contributed by atoms with E-state index in [0.29, 0.717) is 25.2 Å². The zero-order valence-corrected chi connectivity index (χ0v) is 19.5. The highest BCUT2D eigenvalue weighted by Crippen LogP contribution is 2.25. The smallest absolute Gasteiger partial charge is 0.157 e. The highest BCUT2D eigenvalue weighted by atomic mass is 16.5. The predicted molar refractivity (Wildman–Crippen MR) is 131 cm³/mol. The molecular formula is C28H38O4. The average Bonchev–Trinajstić information content (AvgIpc) is 2.81. The molecule has 4 nitrogen and oxygen atoms in total. The van der Waals surface area contributed by atoms with E-state index in [4.69, 9.17) is 14.6 Å². The minimum absolute atomic E-state index is 0.175. The highest BCUT2D eigenvalue weighted by molar-refractivity contribution is 5.93. The van der Waals surface area contributed by atoms with Gasteiger partial charge < -0.3 is 14.6 Å². The van der Waals surface area contributed by atoms with E-state index in [1.807, 2.05) is 24.3 Å².